The number of halogens is 1. The van der Waals surface area contributed by atoms with E-state index >= 15 is 0 Å². The standard InChI is InChI=1S/C19H25ClN4O2S/c1-4-5-6-7-15-23-24-19(27-15)22-18(26)16(12(2)3)21-17(25)13-8-10-14(20)11-9-13/h8-12,16H,4-7H2,1-3H3,(H,21,25)(H,22,24,26). The molecule has 0 radical (unpaired) electrons. The zero-order valence-corrected chi connectivity index (χ0v) is 17.4. The second kappa shape index (κ2) is 10.4. The van der Waals surface area contributed by atoms with Crippen LogP contribution in [-0.2, 0) is 11.2 Å². The molecule has 0 saturated carbocycles. The van der Waals surface area contributed by atoms with Crippen molar-refractivity contribution >= 4 is 39.9 Å². The van der Waals surface area contributed by atoms with Crippen LogP contribution in [0.3, 0.4) is 0 Å². The van der Waals surface area contributed by atoms with E-state index < -0.39 is 6.04 Å². The smallest absolute Gasteiger partial charge is 0.251 e. The van der Waals surface area contributed by atoms with E-state index in [1.165, 1.54) is 11.3 Å². The number of aryl methyl sites for hydroxylation is 1. The van der Waals surface area contributed by atoms with Crippen LogP contribution in [0.25, 0.3) is 0 Å². The zero-order valence-electron chi connectivity index (χ0n) is 15.8. The van der Waals surface area contributed by atoms with E-state index in [4.69, 9.17) is 11.6 Å². The van der Waals surface area contributed by atoms with Crippen molar-refractivity contribution in [1.29, 1.82) is 0 Å². The summed E-state index contributed by atoms with van der Waals surface area (Å²) >= 11 is 7.22. The van der Waals surface area contributed by atoms with Gasteiger partial charge in [-0.2, -0.15) is 0 Å². The monoisotopic (exact) mass is 408 g/mol. The predicted molar refractivity (Wildman–Crippen MR) is 109 cm³/mol. The molecule has 2 rings (SSSR count). The summed E-state index contributed by atoms with van der Waals surface area (Å²) in [6.45, 7) is 5.90. The first-order chi connectivity index (χ1) is 12.9. The highest BCUT2D eigenvalue weighted by atomic mass is 35.5. The van der Waals surface area contributed by atoms with Gasteiger partial charge in [0.25, 0.3) is 5.91 Å². The fourth-order valence-corrected chi connectivity index (χ4v) is 3.39. The highest BCUT2D eigenvalue weighted by molar-refractivity contribution is 7.15. The van der Waals surface area contributed by atoms with Crippen molar-refractivity contribution in [1.82, 2.24) is 15.5 Å². The van der Waals surface area contributed by atoms with E-state index in [-0.39, 0.29) is 17.7 Å². The van der Waals surface area contributed by atoms with Crippen molar-refractivity contribution in [2.24, 2.45) is 5.92 Å². The van der Waals surface area contributed by atoms with Gasteiger partial charge in [0.05, 0.1) is 0 Å². The molecule has 27 heavy (non-hydrogen) atoms. The molecule has 1 unspecified atom stereocenters. The third-order valence-electron chi connectivity index (χ3n) is 4.03. The second-order valence-corrected chi connectivity index (χ2v) is 8.15. The first-order valence-corrected chi connectivity index (χ1v) is 10.3. The molecule has 0 saturated heterocycles. The lowest BCUT2D eigenvalue weighted by molar-refractivity contribution is -0.118. The Labute approximate surface area is 168 Å². The topological polar surface area (TPSA) is 84.0 Å². The Morgan fingerprint density at radius 2 is 1.85 bits per heavy atom. The van der Waals surface area contributed by atoms with Gasteiger partial charge in [-0.3, -0.25) is 14.9 Å². The van der Waals surface area contributed by atoms with Crippen LogP contribution in [-0.4, -0.2) is 28.1 Å². The Bertz CT molecular complexity index is 761. The summed E-state index contributed by atoms with van der Waals surface area (Å²) in [6, 6.07) is 5.85. The number of carbonyl (C=O) groups excluding carboxylic acids is 2. The van der Waals surface area contributed by atoms with E-state index in [2.05, 4.69) is 27.8 Å². The van der Waals surface area contributed by atoms with Crippen LogP contribution in [0.15, 0.2) is 24.3 Å². The van der Waals surface area contributed by atoms with Gasteiger partial charge in [0, 0.05) is 17.0 Å². The largest absolute Gasteiger partial charge is 0.340 e. The summed E-state index contributed by atoms with van der Waals surface area (Å²) in [7, 11) is 0. The minimum absolute atomic E-state index is 0.0850. The maximum Gasteiger partial charge on any atom is 0.251 e. The van der Waals surface area contributed by atoms with Crippen LogP contribution in [0.2, 0.25) is 5.02 Å². The Hall–Kier alpha value is -1.99. The average molecular weight is 409 g/mol. The number of amides is 2. The molecule has 8 heteroatoms. The van der Waals surface area contributed by atoms with Crippen LogP contribution in [0.4, 0.5) is 5.13 Å². The van der Waals surface area contributed by atoms with Gasteiger partial charge in [-0.1, -0.05) is 56.6 Å². The van der Waals surface area contributed by atoms with Crippen molar-refractivity contribution in [2.45, 2.75) is 52.5 Å². The van der Waals surface area contributed by atoms with Crippen LogP contribution >= 0.6 is 22.9 Å². The number of hydrogen-bond donors (Lipinski definition) is 2. The molecule has 0 fully saturated rings. The molecule has 1 heterocycles. The normalized spacial score (nSPS) is 12.0. The second-order valence-electron chi connectivity index (χ2n) is 6.65. The van der Waals surface area contributed by atoms with E-state index in [0.29, 0.717) is 15.7 Å². The van der Waals surface area contributed by atoms with Gasteiger partial charge in [0.15, 0.2) is 0 Å². The predicted octanol–water partition coefficient (Wildman–Crippen LogP) is 4.32. The molecule has 1 aromatic carbocycles. The quantitative estimate of drug-likeness (QED) is 0.605. The lowest BCUT2D eigenvalue weighted by Gasteiger charge is -2.21. The minimum Gasteiger partial charge on any atom is -0.340 e. The third-order valence-corrected chi connectivity index (χ3v) is 5.18. The molecule has 2 amide bonds. The Kier molecular flexibility index (Phi) is 8.19. The fourth-order valence-electron chi connectivity index (χ4n) is 2.48. The Balaban J connectivity index is 1.98. The maximum atomic E-state index is 12.6. The summed E-state index contributed by atoms with van der Waals surface area (Å²) in [4.78, 5) is 25.1. The lowest BCUT2D eigenvalue weighted by Crippen LogP contribution is -2.47. The summed E-state index contributed by atoms with van der Waals surface area (Å²) in [6.07, 6.45) is 4.21. The van der Waals surface area contributed by atoms with E-state index in [0.717, 1.165) is 30.7 Å². The lowest BCUT2D eigenvalue weighted by atomic mass is 10.0. The van der Waals surface area contributed by atoms with Gasteiger partial charge in [0.1, 0.15) is 11.0 Å². The highest BCUT2D eigenvalue weighted by Gasteiger charge is 2.25. The number of anilines is 1. The van der Waals surface area contributed by atoms with Gasteiger partial charge in [-0.25, -0.2) is 0 Å². The number of unbranched alkanes of at least 4 members (excludes halogenated alkanes) is 2. The molecule has 0 bridgehead atoms. The van der Waals surface area contributed by atoms with Crippen molar-refractivity contribution in [3.05, 3.63) is 39.9 Å². The van der Waals surface area contributed by atoms with Gasteiger partial charge in [-0.15, -0.1) is 10.2 Å². The molecule has 146 valence electrons. The molecule has 2 N–H and O–H groups in total. The number of nitrogens with one attached hydrogen (secondary N) is 2. The fraction of sp³-hybridized carbons (Fsp3) is 0.474. The molecule has 0 aliphatic heterocycles. The molecule has 0 spiro atoms. The average Bonchev–Trinajstić information content (AvgIpc) is 3.07. The Morgan fingerprint density at radius 3 is 2.48 bits per heavy atom. The number of carbonyl (C=O) groups is 2. The van der Waals surface area contributed by atoms with Crippen molar-refractivity contribution < 1.29 is 9.59 Å². The SMILES string of the molecule is CCCCCc1nnc(NC(=O)C(NC(=O)c2ccc(Cl)cc2)C(C)C)s1. The Morgan fingerprint density at radius 1 is 1.15 bits per heavy atom. The van der Waals surface area contributed by atoms with Crippen LogP contribution in [0.5, 0.6) is 0 Å². The van der Waals surface area contributed by atoms with Crippen molar-refractivity contribution in [2.75, 3.05) is 5.32 Å². The number of rotatable bonds is 9. The number of nitrogens with zero attached hydrogens (tertiary/aromatic N) is 2. The maximum absolute atomic E-state index is 12.6. The van der Waals surface area contributed by atoms with Gasteiger partial charge in [-0.05, 0) is 36.6 Å². The number of benzene rings is 1. The van der Waals surface area contributed by atoms with Crippen LogP contribution in [0, 0.1) is 5.92 Å². The summed E-state index contributed by atoms with van der Waals surface area (Å²) < 4.78 is 0. The zero-order chi connectivity index (χ0) is 19.8. The first kappa shape index (κ1) is 21.3. The third kappa shape index (κ3) is 6.59. The van der Waals surface area contributed by atoms with E-state index in [1.807, 2.05) is 13.8 Å². The summed E-state index contributed by atoms with van der Waals surface area (Å²) in [5.41, 5.74) is 0.451. The molecule has 6 nitrogen and oxygen atoms in total. The van der Waals surface area contributed by atoms with Crippen molar-refractivity contribution in [3.8, 4) is 0 Å². The van der Waals surface area contributed by atoms with E-state index in [1.54, 1.807) is 24.3 Å². The summed E-state index contributed by atoms with van der Waals surface area (Å²) in [5, 5.41) is 15.6. The van der Waals surface area contributed by atoms with Crippen LogP contribution in [0.1, 0.15) is 55.4 Å². The number of hydrogen-bond acceptors (Lipinski definition) is 5. The van der Waals surface area contributed by atoms with Gasteiger partial charge < -0.3 is 5.32 Å². The first-order valence-electron chi connectivity index (χ1n) is 9.10. The van der Waals surface area contributed by atoms with Crippen LogP contribution < -0.4 is 10.6 Å². The van der Waals surface area contributed by atoms with Crippen molar-refractivity contribution in [3.63, 3.8) is 0 Å². The molecular formula is C19H25ClN4O2S. The van der Waals surface area contributed by atoms with Gasteiger partial charge in [0.2, 0.25) is 11.0 Å². The molecule has 0 aliphatic carbocycles. The summed E-state index contributed by atoms with van der Waals surface area (Å²) in [5.74, 6) is -0.709. The van der Waals surface area contributed by atoms with E-state index in [9.17, 15) is 9.59 Å². The van der Waals surface area contributed by atoms with Gasteiger partial charge >= 0.3 is 0 Å². The minimum atomic E-state index is -0.680. The molecule has 1 atom stereocenters. The number of aromatic nitrogens is 2. The molecule has 2 aromatic rings. The molecular weight excluding hydrogens is 384 g/mol. The molecule has 0 aliphatic rings. The molecule has 1 aromatic heterocycles. The highest BCUT2D eigenvalue weighted by Crippen LogP contribution is 2.18.